The zero-order chi connectivity index (χ0) is 18.5. The molecule has 0 amide bonds. The van der Waals surface area contributed by atoms with Gasteiger partial charge in [0.05, 0.1) is 9.40 Å². The van der Waals surface area contributed by atoms with Gasteiger partial charge in [-0.05, 0) is 55.9 Å². The third kappa shape index (κ3) is 2.29. The zero-order valence-electron chi connectivity index (χ0n) is 15.1. The fourth-order valence-electron chi connectivity index (χ4n) is 4.24. The second-order valence-electron chi connectivity index (χ2n) is 6.97. The third-order valence-electron chi connectivity index (χ3n) is 5.45. The van der Waals surface area contributed by atoms with Crippen LogP contribution in [0.25, 0.3) is 53.2 Å². The van der Waals surface area contributed by atoms with Crippen LogP contribution in [0.2, 0.25) is 0 Å². The molecular formula is C26H16S2. The van der Waals surface area contributed by atoms with E-state index in [2.05, 4.69) is 95.7 Å². The molecule has 0 aliphatic rings. The Hall–Kier alpha value is -2.94. The van der Waals surface area contributed by atoms with Crippen molar-refractivity contribution in [3.63, 3.8) is 0 Å². The molecule has 28 heavy (non-hydrogen) atoms. The smallest absolute Gasteiger partial charge is 0.0527 e. The second-order valence-corrected chi connectivity index (χ2v) is 8.80. The lowest BCUT2D eigenvalue weighted by Gasteiger charge is -2.15. The van der Waals surface area contributed by atoms with Gasteiger partial charge < -0.3 is 0 Å². The summed E-state index contributed by atoms with van der Waals surface area (Å²) in [5.74, 6) is 0. The predicted octanol–water partition coefficient (Wildman–Crippen LogP) is 8.60. The van der Waals surface area contributed by atoms with E-state index in [0.717, 1.165) is 0 Å². The van der Waals surface area contributed by atoms with Crippen LogP contribution in [0.5, 0.6) is 0 Å². The van der Waals surface area contributed by atoms with E-state index in [1.54, 1.807) is 0 Å². The molecular weight excluding hydrogens is 376 g/mol. The maximum absolute atomic E-state index is 2.30. The molecule has 6 aromatic rings. The lowest BCUT2D eigenvalue weighted by atomic mass is 9.89. The van der Waals surface area contributed by atoms with E-state index >= 15 is 0 Å². The van der Waals surface area contributed by atoms with Gasteiger partial charge in [-0.1, -0.05) is 72.8 Å². The summed E-state index contributed by atoms with van der Waals surface area (Å²) >= 11 is 3.70. The Morgan fingerprint density at radius 1 is 0.429 bits per heavy atom. The monoisotopic (exact) mass is 392 g/mol. The van der Waals surface area contributed by atoms with Crippen LogP contribution in [0.3, 0.4) is 0 Å². The maximum atomic E-state index is 2.30. The van der Waals surface area contributed by atoms with Crippen LogP contribution in [-0.2, 0) is 0 Å². The van der Waals surface area contributed by atoms with Crippen molar-refractivity contribution in [3.05, 3.63) is 95.7 Å². The highest BCUT2D eigenvalue weighted by atomic mass is 32.1. The summed E-state index contributed by atoms with van der Waals surface area (Å²) in [6, 6.07) is 30.7. The predicted molar refractivity (Wildman–Crippen MR) is 126 cm³/mol. The van der Waals surface area contributed by atoms with Crippen molar-refractivity contribution in [2.45, 2.75) is 0 Å². The summed E-state index contributed by atoms with van der Waals surface area (Å²) in [6.45, 7) is 0. The van der Waals surface area contributed by atoms with Gasteiger partial charge in [-0.3, -0.25) is 0 Å². The van der Waals surface area contributed by atoms with Crippen LogP contribution >= 0.6 is 22.7 Å². The standard InChI is InChI=1S/C26H16S2/c1-3-7-17(8-4-1)19-11-12-20(18-9-5-2-6-10-18)24-22-14-16-28-26(22)25-21(23(19)24)13-15-27-25/h1-16H. The van der Waals surface area contributed by atoms with Gasteiger partial charge in [-0.25, -0.2) is 0 Å². The van der Waals surface area contributed by atoms with E-state index < -0.39 is 0 Å². The quantitative estimate of drug-likeness (QED) is 0.277. The van der Waals surface area contributed by atoms with Crippen molar-refractivity contribution in [1.82, 2.24) is 0 Å². The van der Waals surface area contributed by atoms with Crippen molar-refractivity contribution in [2.75, 3.05) is 0 Å². The van der Waals surface area contributed by atoms with Crippen molar-refractivity contribution >= 4 is 53.6 Å². The minimum Gasteiger partial charge on any atom is -0.142 e. The Morgan fingerprint density at radius 2 is 0.857 bits per heavy atom. The van der Waals surface area contributed by atoms with Gasteiger partial charge in [0.1, 0.15) is 0 Å². The number of fused-ring (bicyclic) bond motifs is 6. The van der Waals surface area contributed by atoms with Gasteiger partial charge in [0.2, 0.25) is 0 Å². The molecule has 0 fully saturated rings. The molecule has 132 valence electrons. The number of hydrogen-bond donors (Lipinski definition) is 0. The molecule has 0 spiro atoms. The van der Waals surface area contributed by atoms with Gasteiger partial charge in [-0.2, -0.15) is 0 Å². The first-order chi connectivity index (χ1) is 13.9. The first-order valence-corrected chi connectivity index (χ1v) is 11.1. The molecule has 0 saturated heterocycles. The Balaban J connectivity index is 1.88. The molecule has 0 atom stereocenters. The van der Waals surface area contributed by atoms with Crippen molar-refractivity contribution in [1.29, 1.82) is 0 Å². The lowest BCUT2D eigenvalue weighted by Crippen LogP contribution is -1.87. The molecule has 4 aromatic carbocycles. The van der Waals surface area contributed by atoms with Gasteiger partial charge in [0.25, 0.3) is 0 Å². The molecule has 0 bridgehead atoms. The van der Waals surface area contributed by atoms with Crippen molar-refractivity contribution in [3.8, 4) is 22.3 Å². The normalized spacial score (nSPS) is 11.6. The van der Waals surface area contributed by atoms with Crippen LogP contribution in [0, 0.1) is 0 Å². The molecule has 0 N–H and O–H groups in total. The number of rotatable bonds is 2. The first-order valence-electron chi connectivity index (χ1n) is 9.36. The van der Waals surface area contributed by atoms with E-state index in [4.69, 9.17) is 0 Å². The summed E-state index contributed by atoms with van der Waals surface area (Å²) in [5, 5.41) is 9.93. The summed E-state index contributed by atoms with van der Waals surface area (Å²) in [4.78, 5) is 0. The fourth-order valence-corrected chi connectivity index (χ4v) is 6.24. The van der Waals surface area contributed by atoms with Gasteiger partial charge in [-0.15, -0.1) is 22.7 Å². The van der Waals surface area contributed by atoms with Gasteiger partial charge >= 0.3 is 0 Å². The molecule has 0 radical (unpaired) electrons. The molecule has 0 aliphatic heterocycles. The Morgan fingerprint density at radius 3 is 1.29 bits per heavy atom. The fraction of sp³-hybridized carbons (Fsp3) is 0. The Kier molecular flexibility index (Phi) is 3.61. The third-order valence-corrected chi connectivity index (χ3v) is 7.44. The molecule has 2 heteroatoms. The molecule has 0 aliphatic carbocycles. The molecule has 2 aromatic heterocycles. The summed E-state index contributed by atoms with van der Waals surface area (Å²) in [5.41, 5.74) is 5.17. The van der Waals surface area contributed by atoms with Crippen molar-refractivity contribution < 1.29 is 0 Å². The molecule has 0 nitrogen and oxygen atoms in total. The number of hydrogen-bond acceptors (Lipinski definition) is 2. The second kappa shape index (κ2) is 6.30. The minimum atomic E-state index is 1.27. The highest BCUT2D eigenvalue weighted by molar-refractivity contribution is 7.26. The average molecular weight is 393 g/mol. The molecule has 0 saturated carbocycles. The van der Waals surface area contributed by atoms with Crippen LogP contribution in [0.15, 0.2) is 95.7 Å². The summed E-state index contributed by atoms with van der Waals surface area (Å²) in [7, 11) is 0. The van der Waals surface area contributed by atoms with Crippen molar-refractivity contribution in [2.24, 2.45) is 0 Å². The van der Waals surface area contributed by atoms with Gasteiger partial charge in [0.15, 0.2) is 0 Å². The van der Waals surface area contributed by atoms with Gasteiger partial charge in [0, 0.05) is 10.8 Å². The number of thiophene rings is 2. The van der Waals surface area contributed by atoms with Crippen LogP contribution in [0.1, 0.15) is 0 Å². The van der Waals surface area contributed by atoms with E-state index in [1.165, 1.54) is 53.2 Å². The summed E-state index contributed by atoms with van der Waals surface area (Å²) < 4.78 is 2.81. The lowest BCUT2D eigenvalue weighted by molar-refractivity contribution is 1.64. The maximum Gasteiger partial charge on any atom is 0.0527 e. The van der Waals surface area contributed by atoms with Crippen LogP contribution < -0.4 is 0 Å². The SMILES string of the molecule is c1ccc(-c2ccc(-c3ccccc3)c3c4ccsc4c4sccc4c23)cc1. The minimum absolute atomic E-state index is 1.27. The first kappa shape index (κ1) is 16.1. The highest BCUT2D eigenvalue weighted by Crippen LogP contribution is 2.47. The van der Waals surface area contributed by atoms with Crippen LogP contribution in [-0.4, -0.2) is 0 Å². The largest absolute Gasteiger partial charge is 0.142 e. The van der Waals surface area contributed by atoms with E-state index in [1.807, 2.05) is 22.7 Å². The van der Waals surface area contributed by atoms with E-state index in [0.29, 0.717) is 0 Å². The topological polar surface area (TPSA) is 0 Å². The highest BCUT2D eigenvalue weighted by Gasteiger charge is 2.18. The van der Waals surface area contributed by atoms with Crippen LogP contribution in [0.4, 0.5) is 0 Å². The Labute approximate surface area is 171 Å². The van der Waals surface area contributed by atoms with E-state index in [-0.39, 0.29) is 0 Å². The average Bonchev–Trinajstić information content (AvgIpc) is 3.43. The molecule has 6 rings (SSSR count). The van der Waals surface area contributed by atoms with E-state index in [9.17, 15) is 0 Å². The molecule has 0 unspecified atom stereocenters. The summed E-state index contributed by atoms with van der Waals surface area (Å²) in [6.07, 6.45) is 0. The number of benzene rings is 4. The molecule has 2 heterocycles. The zero-order valence-corrected chi connectivity index (χ0v) is 16.7. The Bertz CT molecular complexity index is 1330.